The Hall–Kier alpha value is -1.66. The van der Waals surface area contributed by atoms with Crippen LogP contribution in [0.3, 0.4) is 0 Å². The van der Waals surface area contributed by atoms with Gasteiger partial charge in [0.15, 0.2) is 4.80 Å². The summed E-state index contributed by atoms with van der Waals surface area (Å²) in [5.41, 5.74) is 0.988. The molecule has 0 N–H and O–H groups in total. The average molecular weight is 336 g/mol. The van der Waals surface area contributed by atoms with Crippen molar-refractivity contribution in [3.05, 3.63) is 23.0 Å². The third kappa shape index (κ3) is 4.42. The van der Waals surface area contributed by atoms with Crippen molar-refractivity contribution in [3.8, 4) is 5.75 Å². The van der Waals surface area contributed by atoms with Crippen molar-refractivity contribution in [2.45, 2.75) is 40.2 Å². The monoisotopic (exact) mass is 336 g/mol. The van der Waals surface area contributed by atoms with Gasteiger partial charge in [-0.1, -0.05) is 24.3 Å². The number of ether oxygens (including phenoxy) is 2. The van der Waals surface area contributed by atoms with Crippen molar-refractivity contribution < 1.29 is 14.3 Å². The molecular weight excluding hydrogens is 312 g/mol. The number of carbonyl (C=O) groups is 1. The summed E-state index contributed by atoms with van der Waals surface area (Å²) in [5.74, 6) is 0.740. The number of nitrogens with zero attached hydrogens (tertiary/aromatic N) is 2. The van der Waals surface area contributed by atoms with E-state index in [2.05, 4.69) is 4.99 Å². The van der Waals surface area contributed by atoms with E-state index in [0.29, 0.717) is 37.6 Å². The molecule has 126 valence electrons. The van der Waals surface area contributed by atoms with Gasteiger partial charge in [-0.05, 0) is 32.4 Å². The maximum absolute atomic E-state index is 11.9. The molecule has 1 aromatic heterocycles. The Balaban J connectivity index is 2.54. The van der Waals surface area contributed by atoms with E-state index in [1.54, 1.807) is 0 Å². The average Bonchev–Trinajstić information content (AvgIpc) is 2.86. The summed E-state index contributed by atoms with van der Waals surface area (Å²) < 4.78 is 14.3. The third-order valence-corrected chi connectivity index (χ3v) is 4.36. The topological polar surface area (TPSA) is 52.8 Å². The summed E-state index contributed by atoms with van der Waals surface area (Å²) in [6.45, 7) is 8.41. The Bertz CT molecular complexity index is 718. The van der Waals surface area contributed by atoms with Gasteiger partial charge in [0.1, 0.15) is 11.3 Å². The fraction of sp³-hybridized carbons (Fsp3) is 0.529. The highest BCUT2D eigenvalue weighted by Gasteiger charge is 2.12. The zero-order chi connectivity index (χ0) is 16.7. The van der Waals surface area contributed by atoms with Crippen LogP contribution in [0.4, 0.5) is 0 Å². The molecule has 0 unspecified atom stereocenters. The molecule has 5 nitrogen and oxygen atoms in total. The van der Waals surface area contributed by atoms with Crippen LogP contribution in [0.15, 0.2) is 23.2 Å². The van der Waals surface area contributed by atoms with Gasteiger partial charge < -0.3 is 14.0 Å². The van der Waals surface area contributed by atoms with Crippen molar-refractivity contribution in [1.29, 1.82) is 0 Å². The number of para-hydroxylation sites is 1. The Morgan fingerprint density at radius 2 is 2.09 bits per heavy atom. The van der Waals surface area contributed by atoms with Gasteiger partial charge in [0.2, 0.25) is 5.91 Å². The third-order valence-electron chi connectivity index (χ3n) is 3.31. The van der Waals surface area contributed by atoms with Crippen LogP contribution < -0.4 is 9.54 Å². The molecule has 2 rings (SSSR count). The molecule has 0 spiro atoms. The van der Waals surface area contributed by atoms with Crippen LogP contribution in [-0.4, -0.2) is 30.3 Å². The molecule has 1 heterocycles. The lowest BCUT2D eigenvalue weighted by molar-refractivity contribution is -0.118. The number of fused-ring (bicyclic) bond motifs is 1. The first kappa shape index (κ1) is 17.7. The van der Waals surface area contributed by atoms with E-state index in [1.165, 1.54) is 11.3 Å². The quantitative estimate of drug-likeness (QED) is 0.695. The van der Waals surface area contributed by atoms with Crippen LogP contribution in [0, 0.1) is 0 Å². The van der Waals surface area contributed by atoms with E-state index in [-0.39, 0.29) is 5.91 Å². The number of thiazole rings is 1. The number of hydrogen-bond acceptors (Lipinski definition) is 4. The first-order valence-electron chi connectivity index (χ1n) is 8.11. The van der Waals surface area contributed by atoms with Crippen molar-refractivity contribution >= 4 is 27.5 Å². The van der Waals surface area contributed by atoms with Crippen LogP contribution in [0.1, 0.15) is 33.6 Å². The Morgan fingerprint density at radius 1 is 1.26 bits per heavy atom. The second-order valence-electron chi connectivity index (χ2n) is 5.02. The summed E-state index contributed by atoms with van der Waals surface area (Å²) in [7, 11) is 0. The highest BCUT2D eigenvalue weighted by molar-refractivity contribution is 7.16. The zero-order valence-corrected chi connectivity index (χ0v) is 14.8. The molecule has 0 aliphatic rings. The first-order chi connectivity index (χ1) is 11.2. The first-order valence-corrected chi connectivity index (χ1v) is 8.93. The predicted molar refractivity (Wildman–Crippen MR) is 93.0 cm³/mol. The molecule has 23 heavy (non-hydrogen) atoms. The molecular formula is C17H24N2O3S. The normalized spacial score (nSPS) is 12.0. The lowest BCUT2D eigenvalue weighted by Crippen LogP contribution is -2.20. The van der Waals surface area contributed by atoms with Crippen molar-refractivity contribution in [2.75, 3.05) is 19.8 Å². The van der Waals surface area contributed by atoms with E-state index in [0.717, 1.165) is 22.4 Å². The van der Waals surface area contributed by atoms with E-state index in [1.807, 2.05) is 43.5 Å². The molecule has 0 saturated heterocycles. The molecule has 0 saturated carbocycles. The van der Waals surface area contributed by atoms with E-state index in [9.17, 15) is 4.79 Å². The van der Waals surface area contributed by atoms with Crippen LogP contribution in [-0.2, 0) is 16.1 Å². The molecule has 0 bridgehead atoms. The number of rotatable bonds is 8. The number of amides is 1. The largest absolute Gasteiger partial charge is 0.492 e. The maximum Gasteiger partial charge on any atom is 0.248 e. The van der Waals surface area contributed by atoms with Gasteiger partial charge in [0, 0.05) is 19.6 Å². The van der Waals surface area contributed by atoms with Crippen LogP contribution >= 0.6 is 11.3 Å². The molecule has 2 aromatic rings. The van der Waals surface area contributed by atoms with Gasteiger partial charge in [-0.25, -0.2) is 0 Å². The van der Waals surface area contributed by atoms with E-state index < -0.39 is 0 Å². The minimum Gasteiger partial charge on any atom is -0.492 e. The van der Waals surface area contributed by atoms with Gasteiger partial charge in [-0.15, -0.1) is 0 Å². The zero-order valence-electron chi connectivity index (χ0n) is 14.0. The number of hydrogen-bond donors (Lipinski definition) is 0. The Labute approximate surface area is 140 Å². The second kappa shape index (κ2) is 8.84. The molecule has 6 heteroatoms. The fourth-order valence-electron chi connectivity index (χ4n) is 2.34. The summed E-state index contributed by atoms with van der Waals surface area (Å²) in [4.78, 5) is 17.0. The molecule has 0 atom stereocenters. The maximum atomic E-state index is 11.9. The minimum atomic E-state index is -0.0813. The van der Waals surface area contributed by atoms with Crippen LogP contribution in [0.25, 0.3) is 10.2 Å². The molecule has 0 aliphatic carbocycles. The van der Waals surface area contributed by atoms with Crippen LogP contribution in [0.2, 0.25) is 0 Å². The van der Waals surface area contributed by atoms with E-state index in [4.69, 9.17) is 9.47 Å². The highest BCUT2D eigenvalue weighted by atomic mass is 32.1. The van der Waals surface area contributed by atoms with Gasteiger partial charge in [0.05, 0.1) is 17.9 Å². The lowest BCUT2D eigenvalue weighted by atomic mass is 10.3. The van der Waals surface area contributed by atoms with Gasteiger partial charge in [0.25, 0.3) is 0 Å². The summed E-state index contributed by atoms with van der Waals surface area (Å²) in [5, 5.41) is 0. The number of carbonyl (C=O) groups excluding carboxylic acids is 1. The molecule has 0 fully saturated rings. The van der Waals surface area contributed by atoms with Gasteiger partial charge >= 0.3 is 0 Å². The second-order valence-corrected chi connectivity index (χ2v) is 6.03. The fourth-order valence-corrected chi connectivity index (χ4v) is 3.43. The molecule has 0 aliphatic heterocycles. The molecule has 0 radical (unpaired) electrons. The van der Waals surface area contributed by atoms with Crippen molar-refractivity contribution in [1.82, 2.24) is 4.57 Å². The SMILES string of the molecule is CCCC(=O)N=c1sc2cccc(OCC)c2n1CCOCC. The molecule has 1 aromatic carbocycles. The summed E-state index contributed by atoms with van der Waals surface area (Å²) in [6, 6.07) is 5.95. The lowest BCUT2D eigenvalue weighted by Gasteiger charge is -2.09. The van der Waals surface area contributed by atoms with Gasteiger partial charge in [-0.3, -0.25) is 4.79 Å². The van der Waals surface area contributed by atoms with Crippen molar-refractivity contribution in [2.24, 2.45) is 4.99 Å². The summed E-state index contributed by atoms with van der Waals surface area (Å²) >= 11 is 1.52. The predicted octanol–water partition coefficient (Wildman–Crippen LogP) is 3.37. The van der Waals surface area contributed by atoms with Crippen molar-refractivity contribution in [3.63, 3.8) is 0 Å². The number of aromatic nitrogens is 1. The minimum absolute atomic E-state index is 0.0813. The number of benzene rings is 1. The molecule has 1 amide bonds. The standard InChI is InChI=1S/C17H24N2O3S/c1-4-8-15(20)18-17-19(11-12-21-5-2)16-13(22-6-3)9-7-10-14(16)23-17/h7,9-10H,4-6,8,11-12H2,1-3H3. The summed E-state index contributed by atoms with van der Waals surface area (Å²) in [6.07, 6.45) is 1.27. The highest BCUT2D eigenvalue weighted by Crippen LogP contribution is 2.27. The Kier molecular flexibility index (Phi) is 6.80. The van der Waals surface area contributed by atoms with Crippen LogP contribution in [0.5, 0.6) is 5.75 Å². The smallest absolute Gasteiger partial charge is 0.248 e. The Morgan fingerprint density at radius 3 is 2.78 bits per heavy atom. The van der Waals surface area contributed by atoms with E-state index >= 15 is 0 Å². The van der Waals surface area contributed by atoms with Gasteiger partial charge in [-0.2, -0.15) is 4.99 Å².